The van der Waals surface area contributed by atoms with E-state index in [2.05, 4.69) is 149 Å². The molecule has 286 valence electrons. The topological polar surface area (TPSA) is 26.8 Å². The van der Waals surface area contributed by atoms with Gasteiger partial charge in [-0.15, -0.1) is 11.3 Å². The fourth-order valence-electron chi connectivity index (χ4n) is 8.55. The number of hydrogen-bond acceptors (Lipinski definition) is 3. The molecule has 1 aliphatic rings. The zero-order valence-electron chi connectivity index (χ0n) is 32.5. The maximum absolute atomic E-state index is 16.1. The molecule has 6 heteroatoms. The lowest BCUT2D eigenvalue weighted by molar-refractivity contribution is 0.582. The third-order valence-electron chi connectivity index (χ3n) is 11.4. The average molecular weight is 808 g/mol. The van der Waals surface area contributed by atoms with E-state index in [4.69, 9.17) is 0 Å². The summed E-state index contributed by atoms with van der Waals surface area (Å²) in [4.78, 5) is 2.35. The maximum Gasteiger partial charge on any atom is 0.301 e. The largest absolute Gasteiger partial charge is 0.310 e. The van der Waals surface area contributed by atoms with Crippen molar-refractivity contribution in [3.8, 4) is 22.3 Å². The van der Waals surface area contributed by atoms with Gasteiger partial charge in [-0.3, -0.25) is 13.9 Å². The Morgan fingerprint density at radius 2 is 0.833 bits per heavy atom. The predicted octanol–water partition coefficient (Wildman–Crippen LogP) is 15.7. The van der Waals surface area contributed by atoms with Gasteiger partial charge in [-0.2, -0.15) is 0 Å². The summed E-state index contributed by atoms with van der Waals surface area (Å²) in [6, 6.07) is 80.3. The Bertz CT molecular complexity index is 3170. The summed E-state index contributed by atoms with van der Waals surface area (Å²) in [7, 11) is -3.46. The van der Waals surface area contributed by atoms with Crippen molar-refractivity contribution in [1.29, 1.82) is 0 Å². The second-order valence-corrected chi connectivity index (χ2v) is 18.4. The van der Waals surface area contributed by atoms with Gasteiger partial charge < -0.3 is 4.90 Å². The molecule has 0 amide bonds. The van der Waals surface area contributed by atoms with Crippen LogP contribution in [0.1, 0.15) is 0 Å². The van der Waals surface area contributed by atoms with E-state index in [1.54, 1.807) is 0 Å². The number of benzene rings is 9. The molecule has 0 aliphatic carbocycles. The van der Waals surface area contributed by atoms with Crippen molar-refractivity contribution < 1.29 is 4.57 Å². The normalized spacial score (nSPS) is 14.7. The quantitative estimate of drug-likeness (QED) is 0.143. The molecule has 4 nitrogen and oxygen atoms in total. The molecule has 1 aromatic heterocycles. The van der Waals surface area contributed by atoms with Crippen LogP contribution in [-0.2, 0) is 4.57 Å². The molecule has 60 heavy (non-hydrogen) atoms. The highest BCUT2D eigenvalue weighted by Gasteiger charge is 2.49. The van der Waals surface area contributed by atoms with Crippen molar-refractivity contribution in [2.75, 3.05) is 14.2 Å². The molecule has 0 fully saturated rings. The van der Waals surface area contributed by atoms with E-state index in [1.165, 1.54) is 31.3 Å². The summed E-state index contributed by atoms with van der Waals surface area (Å²) in [5, 5.41) is 3.30. The van der Waals surface area contributed by atoms with Crippen LogP contribution in [0.3, 0.4) is 0 Å². The van der Waals surface area contributed by atoms with Crippen LogP contribution in [0.15, 0.2) is 231 Å². The van der Waals surface area contributed by atoms with E-state index >= 15 is 4.57 Å². The summed E-state index contributed by atoms with van der Waals surface area (Å²) in [5.74, 6) is 0. The van der Waals surface area contributed by atoms with Crippen LogP contribution in [-0.4, -0.2) is 0 Å². The molecule has 0 radical (unpaired) electrons. The van der Waals surface area contributed by atoms with E-state index in [-0.39, 0.29) is 0 Å². The third kappa shape index (κ3) is 6.10. The van der Waals surface area contributed by atoms with Gasteiger partial charge in [-0.05, 0) is 119 Å². The Hall–Kier alpha value is -7.17. The molecular weight excluding hydrogens is 770 g/mol. The van der Waals surface area contributed by atoms with Crippen molar-refractivity contribution in [2.45, 2.75) is 0 Å². The number of thiophene rings is 1. The first kappa shape index (κ1) is 36.0. The predicted molar refractivity (Wildman–Crippen MR) is 256 cm³/mol. The Kier molecular flexibility index (Phi) is 8.92. The highest BCUT2D eigenvalue weighted by atomic mass is 32.1. The summed E-state index contributed by atoms with van der Waals surface area (Å²) in [5.41, 5.74) is 11.3. The van der Waals surface area contributed by atoms with Gasteiger partial charge in [0, 0.05) is 48.6 Å². The Morgan fingerprint density at radius 3 is 1.47 bits per heavy atom. The number of rotatable bonds is 8. The van der Waals surface area contributed by atoms with Gasteiger partial charge in [0.2, 0.25) is 0 Å². The van der Waals surface area contributed by atoms with E-state index in [0.717, 1.165) is 56.2 Å². The van der Waals surface area contributed by atoms with Crippen LogP contribution < -0.4 is 19.5 Å². The first-order chi connectivity index (χ1) is 29.6. The van der Waals surface area contributed by atoms with E-state index in [1.807, 2.05) is 107 Å². The molecule has 0 N–H and O–H groups in total. The number of nitrogens with zero attached hydrogens (tertiary/aromatic N) is 3. The molecular formula is C54H38N3OPS. The lowest BCUT2D eigenvalue weighted by atomic mass is 10.0. The minimum absolute atomic E-state index is 0.769. The van der Waals surface area contributed by atoms with Crippen molar-refractivity contribution in [2.24, 2.45) is 0 Å². The smallest absolute Gasteiger partial charge is 0.301 e. The molecule has 0 bridgehead atoms. The van der Waals surface area contributed by atoms with Crippen molar-refractivity contribution in [3.05, 3.63) is 231 Å². The average Bonchev–Trinajstić information content (AvgIpc) is 3.83. The first-order valence-corrected chi connectivity index (χ1v) is 22.5. The Balaban J connectivity index is 1.03. The Labute approximate surface area is 354 Å². The van der Waals surface area contributed by atoms with Gasteiger partial charge in [0.25, 0.3) is 0 Å². The fourth-order valence-corrected chi connectivity index (χ4v) is 12.6. The summed E-state index contributed by atoms with van der Waals surface area (Å²) in [6.45, 7) is 0. The summed E-state index contributed by atoms with van der Waals surface area (Å²) < 4.78 is 22.7. The molecule has 0 saturated heterocycles. The monoisotopic (exact) mass is 807 g/mol. The third-order valence-corrected chi connectivity index (χ3v) is 15.5. The van der Waals surface area contributed by atoms with Crippen LogP contribution in [0.4, 0.5) is 39.8 Å². The van der Waals surface area contributed by atoms with Gasteiger partial charge in [0.05, 0.1) is 16.7 Å². The van der Waals surface area contributed by atoms with Crippen molar-refractivity contribution >= 4 is 84.1 Å². The standard InChI is InChI=1S/C54H38N3OPS/c58-59(48-21-11-4-12-22-48)56(45-17-7-2-8-18-45)51-35-29-42(37-52(51)57(59)46-19-9-3-10-20-46)41-27-32-44(33-28-41)55(43-30-25-40(26-31-43)39-15-5-1-6-16-39)47-34-36-54-50(38-47)49-23-13-14-24-53(49)60-54/h1-38H. The highest BCUT2D eigenvalue weighted by molar-refractivity contribution is 7.76. The summed E-state index contributed by atoms with van der Waals surface area (Å²) >= 11 is 1.83. The number of fused-ring (bicyclic) bond motifs is 4. The second-order valence-electron chi connectivity index (χ2n) is 15.0. The SMILES string of the molecule is O=P1(c2ccccc2)N(c2ccccc2)c2ccc(-c3ccc(N(c4ccc(-c5ccccc5)cc4)c4ccc5sc6ccccc6c5c4)cc3)cc2N1c1ccccc1. The van der Waals surface area contributed by atoms with Gasteiger partial charge >= 0.3 is 7.44 Å². The van der Waals surface area contributed by atoms with Gasteiger partial charge in [0.1, 0.15) is 0 Å². The molecule has 11 rings (SSSR count). The van der Waals surface area contributed by atoms with Gasteiger partial charge in [-0.1, -0.05) is 133 Å². The number of para-hydroxylation sites is 2. The zero-order valence-corrected chi connectivity index (χ0v) is 34.3. The second kappa shape index (κ2) is 14.9. The molecule has 0 saturated carbocycles. The Morgan fingerprint density at radius 1 is 0.367 bits per heavy atom. The summed E-state index contributed by atoms with van der Waals surface area (Å²) in [6.07, 6.45) is 0. The maximum atomic E-state index is 16.1. The molecule has 1 aliphatic heterocycles. The number of hydrogen-bond donors (Lipinski definition) is 0. The van der Waals surface area contributed by atoms with Crippen LogP contribution in [0.5, 0.6) is 0 Å². The highest BCUT2D eigenvalue weighted by Crippen LogP contribution is 2.70. The van der Waals surface area contributed by atoms with Crippen molar-refractivity contribution in [3.63, 3.8) is 0 Å². The molecule has 10 aromatic rings. The van der Waals surface area contributed by atoms with Gasteiger partial charge in [0.15, 0.2) is 0 Å². The minimum atomic E-state index is -3.46. The van der Waals surface area contributed by atoms with Crippen LogP contribution in [0.2, 0.25) is 0 Å². The van der Waals surface area contributed by atoms with E-state index in [9.17, 15) is 0 Å². The van der Waals surface area contributed by atoms with E-state index in [0.29, 0.717) is 0 Å². The molecule has 2 heterocycles. The van der Waals surface area contributed by atoms with Crippen LogP contribution >= 0.6 is 18.8 Å². The lowest BCUT2D eigenvalue weighted by Crippen LogP contribution is -2.26. The fraction of sp³-hybridized carbons (Fsp3) is 0. The van der Waals surface area contributed by atoms with Crippen LogP contribution in [0, 0.1) is 0 Å². The van der Waals surface area contributed by atoms with Crippen LogP contribution in [0.25, 0.3) is 42.4 Å². The lowest BCUT2D eigenvalue weighted by Gasteiger charge is -2.33. The molecule has 9 aromatic carbocycles. The molecule has 1 unspecified atom stereocenters. The van der Waals surface area contributed by atoms with E-state index < -0.39 is 7.44 Å². The zero-order chi connectivity index (χ0) is 40.0. The molecule has 1 atom stereocenters. The minimum Gasteiger partial charge on any atom is -0.310 e. The first-order valence-electron chi connectivity index (χ1n) is 20.1. The van der Waals surface area contributed by atoms with Gasteiger partial charge in [-0.25, -0.2) is 0 Å². The van der Waals surface area contributed by atoms with Crippen molar-refractivity contribution in [1.82, 2.24) is 0 Å². The number of anilines is 7. The molecule has 0 spiro atoms.